The van der Waals surface area contributed by atoms with Gasteiger partial charge in [-0.1, -0.05) is 12.1 Å². The Hall–Kier alpha value is -2.40. The van der Waals surface area contributed by atoms with E-state index in [-0.39, 0.29) is 11.9 Å². The standard InChI is InChI=1S/C19H23N3O2/c1-24-17-6-4-15(5-7-17)18(22-12-2-3-13-22)14-21-19(23)16-8-10-20-11-9-16/h4-11,18H,2-3,12-14H2,1H3,(H,21,23). The number of hydrogen-bond acceptors (Lipinski definition) is 4. The van der Waals surface area contributed by atoms with Crippen LogP contribution in [-0.2, 0) is 0 Å². The SMILES string of the molecule is COc1ccc(C(CNC(=O)c2ccncc2)N2CCCC2)cc1. The van der Waals surface area contributed by atoms with Crippen molar-refractivity contribution in [3.05, 3.63) is 59.9 Å². The highest BCUT2D eigenvalue weighted by atomic mass is 16.5. The Kier molecular flexibility index (Phi) is 5.43. The lowest BCUT2D eigenvalue weighted by Crippen LogP contribution is -2.36. The second kappa shape index (κ2) is 7.93. The van der Waals surface area contributed by atoms with E-state index in [1.54, 1.807) is 31.6 Å². The summed E-state index contributed by atoms with van der Waals surface area (Å²) in [5, 5.41) is 3.06. The van der Waals surface area contributed by atoms with Crippen molar-refractivity contribution in [2.45, 2.75) is 18.9 Å². The van der Waals surface area contributed by atoms with Gasteiger partial charge >= 0.3 is 0 Å². The van der Waals surface area contributed by atoms with Gasteiger partial charge < -0.3 is 10.1 Å². The molecule has 1 N–H and O–H groups in total. The van der Waals surface area contributed by atoms with Crippen molar-refractivity contribution >= 4 is 5.91 Å². The molecule has 5 heteroatoms. The van der Waals surface area contributed by atoms with E-state index in [1.807, 2.05) is 12.1 Å². The van der Waals surface area contributed by atoms with Gasteiger partial charge in [-0.2, -0.15) is 0 Å². The van der Waals surface area contributed by atoms with Crippen molar-refractivity contribution in [3.8, 4) is 5.75 Å². The predicted octanol–water partition coefficient (Wildman–Crippen LogP) is 2.66. The Morgan fingerprint density at radius 3 is 2.46 bits per heavy atom. The normalized spacial score (nSPS) is 15.9. The third-order valence-electron chi connectivity index (χ3n) is 4.48. The molecule has 0 aliphatic carbocycles. The highest BCUT2D eigenvalue weighted by Crippen LogP contribution is 2.26. The molecule has 5 nitrogen and oxygen atoms in total. The number of nitrogens with zero attached hydrogens (tertiary/aromatic N) is 2. The number of carbonyl (C=O) groups is 1. The van der Waals surface area contributed by atoms with Crippen molar-refractivity contribution < 1.29 is 9.53 Å². The van der Waals surface area contributed by atoms with Gasteiger partial charge in [-0.25, -0.2) is 0 Å². The van der Waals surface area contributed by atoms with Gasteiger partial charge in [0, 0.05) is 24.5 Å². The molecule has 3 rings (SSSR count). The maximum Gasteiger partial charge on any atom is 0.251 e. The number of carbonyl (C=O) groups excluding carboxylic acids is 1. The van der Waals surface area contributed by atoms with Crippen LogP contribution in [0.2, 0.25) is 0 Å². The molecular weight excluding hydrogens is 302 g/mol. The molecular formula is C19H23N3O2. The number of rotatable bonds is 6. The van der Waals surface area contributed by atoms with Crippen molar-refractivity contribution in [3.63, 3.8) is 0 Å². The van der Waals surface area contributed by atoms with Crippen molar-refractivity contribution in [1.29, 1.82) is 0 Å². The second-order valence-corrected chi connectivity index (χ2v) is 5.98. The van der Waals surface area contributed by atoms with Crippen LogP contribution in [0.4, 0.5) is 0 Å². The zero-order valence-electron chi connectivity index (χ0n) is 13.9. The minimum absolute atomic E-state index is 0.0601. The number of hydrogen-bond donors (Lipinski definition) is 1. The molecule has 1 amide bonds. The molecule has 1 aromatic heterocycles. The molecule has 0 bridgehead atoms. The summed E-state index contributed by atoms with van der Waals surface area (Å²) in [6.07, 6.45) is 5.70. The minimum atomic E-state index is -0.0601. The van der Waals surface area contributed by atoms with E-state index in [1.165, 1.54) is 18.4 Å². The zero-order chi connectivity index (χ0) is 16.8. The van der Waals surface area contributed by atoms with Crippen LogP contribution in [0.25, 0.3) is 0 Å². The monoisotopic (exact) mass is 325 g/mol. The number of nitrogens with one attached hydrogen (secondary N) is 1. The molecule has 2 heterocycles. The first-order valence-electron chi connectivity index (χ1n) is 8.34. The maximum atomic E-state index is 12.3. The van der Waals surface area contributed by atoms with E-state index in [0.29, 0.717) is 12.1 Å². The third-order valence-corrected chi connectivity index (χ3v) is 4.48. The lowest BCUT2D eigenvalue weighted by Gasteiger charge is -2.28. The number of ether oxygens (including phenoxy) is 1. The van der Waals surface area contributed by atoms with Crippen LogP contribution in [0.1, 0.15) is 34.8 Å². The van der Waals surface area contributed by atoms with Crippen LogP contribution in [0.3, 0.4) is 0 Å². The first-order valence-corrected chi connectivity index (χ1v) is 8.34. The summed E-state index contributed by atoms with van der Waals surface area (Å²) in [5.74, 6) is 0.787. The van der Waals surface area contributed by atoms with Crippen LogP contribution in [-0.4, -0.2) is 42.5 Å². The number of aromatic nitrogens is 1. The molecule has 1 aliphatic heterocycles. The second-order valence-electron chi connectivity index (χ2n) is 5.98. The summed E-state index contributed by atoms with van der Waals surface area (Å²) in [7, 11) is 1.67. The molecule has 0 radical (unpaired) electrons. The van der Waals surface area contributed by atoms with E-state index < -0.39 is 0 Å². The Morgan fingerprint density at radius 1 is 1.17 bits per heavy atom. The summed E-state index contributed by atoms with van der Waals surface area (Å²) in [4.78, 5) is 18.7. The van der Waals surface area contributed by atoms with Crippen LogP contribution in [0.15, 0.2) is 48.8 Å². The molecule has 24 heavy (non-hydrogen) atoms. The Labute approximate surface area is 142 Å². The lowest BCUT2D eigenvalue weighted by atomic mass is 10.0. The minimum Gasteiger partial charge on any atom is -0.497 e. The van der Waals surface area contributed by atoms with Crippen molar-refractivity contribution in [2.75, 3.05) is 26.7 Å². The van der Waals surface area contributed by atoms with Crippen LogP contribution in [0.5, 0.6) is 5.75 Å². The first kappa shape index (κ1) is 16.5. The van der Waals surface area contributed by atoms with Gasteiger partial charge in [-0.3, -0.25) is 14.7 Å². The average Bonchev–Trinajstić information content (AvgIpc) is 3.17. The summed E-state index contributed by atoms with van der Waals surface area (Å²) >= 11 is 0. The molecule has 126 valence electrons. The molecule has 1 aliphatic rings. The summed E-state index contributed by atoms with van der Waals surface area (Å²) in [5.41, 5.74) is 1.84. The lowest BCUT2D eigenvalue weighted by molar-refractivity contribution is 0.0938. The summed E-state index contributed by atoms with van der Waals surface area (Å²) in [6.45, 7) is 2.73. The fraction of sp³-hybridized carbons (Fsp3) is 0.368. The van der Waals surface area contributed by atoms with Gasteiger partial charge in [0.05, 0.1) is 13.2 Å². The maximum absolute atomic E-state index is 12.3. The Bertz CT molecular complexity index is 652. The first-order chi connectivity index (χ1) is 11.8. The van der Waals surface area contributed by atoms with Gasteiger partial charge in [0.15, 0.2) is 0 Å². The van der Waals surface area contributed by atoms with Gasteiger partial charge in [0.25, 0.3) is 5.91 Å². The van der Waals surface area contributed by atoms with Gasteiger partial charge in [0.1, 0.15) is 5.75 Å². The fourth-order valence-corrected chi connectivity index (χ4v) is 3.13. The zero-order valence-corrected chi connectivity index (χ0v) is 13.9. The largest absolute Gasteiger partial charge is 0.497 e. The van der Waals surface area contributed by atoms with E-state index >= 15 is 0 Å². The van der Waals surface area contributed by atoms with Crippen LogP contribution < -0.4 is 10.1 Å². The van der Waals surface area contributed by atoms with Crippen molar-refractivity contribution in [1.82, 2.24) is 15.2 Å². The van der Waals surface area contributed by atoms with Crippen molar-refractivity contribution in [2.24, 2.45) is 0 Å². The van der Waals surface area contributed by atoms with E-state index in [0.717, 1.165) is 18.8 Å². The number of pyridine rings is 1. The number of methoxy groups -OCH3 is 1. The van der Waals surface area contributed by atoms with Crippen LogP contribution >= 0.6 is 0 Å². The number of amides is 1. The van der Waals surface area contributed by atoms with E-state index in [9.17, 15) is 4.79 Å². The van der Waals surface area contributed by atoms with E-state index in [2.05, 4.69) is 27.3 Å². The fourth-order valence-electron chi connectivity index (χ4n) is 3.13. The molecule has 0 saturated carbocycles. The molecule has 1 atom stereocenters. The molecule has 0 spiro atoms. The number of benzene rings is 1. The van der Waals surface area contributed by atoms with E-state index in [4.69, 9.17) is 4.74 Å². The summed E-state index contributed by atoms with van der Waals surface area (Å²) in [6, 6.07) is 11.8. The van der Waals surface area contributed by atoms with Crippen LogP contribution in [0, 0.1) is 0 Å². The van der Waals surface area contributed by atoms with Gasteiger partial charge in [-0.05, 0) is 55.8 Å². The Balaban J connectivity index is 1.71. The molecule has 1 aromatic carbocycles. The molecule has 1 fully saturated rings. The molecule has 1 unspecified atom stereocenters. The molecule has 2 aromatic rings. The third kappa shape index (κ3) is 3.92. The smallest absolute Gasteiger partial charge is 0.251 e. The Morgan fingerprint density at radius 2 is 1.83 bits per heavy atom. The highest BCUT2D eigenvalue weighted by molar-refractivity contribution is 5.93. The predicted molar refractivity (Wildman–Crippen MR) is 93.1 cm³/mol. The highest BCUT2D eigenvalue weighted by Gasteiger charge is 2.24. The quantitative estimate of drug-likeness (QED) is 0.887. The number of likely N-dealkylation sites (tertiary alicyclic amines) is 1. The topological polar surface area (TPSA) is 54.5 Å². The average molecular weight is 325 g/mol. The molecule has 1 saturated heterocycles. The summed E-state index contributed by atoms with van der Waals surface area (Å²) < 4.78 is 5.24. The van der Waals surface area contributed by atoms with Gasteiger partial charge in [0.2, 0.25) is 0 Å². The van der Waals surface area contributed by atoms with Gasteiger partial charge in [-0.15, -0.1) is 0 Å².